The lowest BCUT2D eigenvalue weighted by Crippen LogP contribution is -2.37. The predicted molar refractivity (Wildman–Crippen MR) is 63.1 cm³/mol. The SMILES string of the molecule is N#Cc1ccc(N2CCC[C@@H](CO)C2)c(F)c1. The molecule has 0 aliphatic carbocycles. The summed E-state index contributed by atoms with van der Waals surface area (Å²) in [6.07, 6.45) is 1.95. The molecule has 1 saturated heterocycles. The van der Waals surface area contributed by atoms with Crippen LogP contribution < -0.4 is 4.90 Å². The molecule has 1 aliphatic rings. The zero-order chi connectivity index (χ0) is 12.3. The van der Waals surface area contributed by atoms with Crippen LogP contribution in [0.4, 0.5) is 10.1 Å². The van der Waals surface area contributed by atoms with Gasteiger partial charge in [0.15, 0.2) is 0 Å². The molecule has 0 saturated carbocycles. The van der Waals surface area contributed by atoms with Gasteiger partial charge in [-0.25, -0.2) is 4.39 Å². The van der Waals surface area contributed by atoms with Gasteiger partial charge in [-0.3, -0.25) is 0 Å². The summed E-state index contributed by atoms with van der Waals surface area (Å²) in [6.45, 7) is 1.63. The molecule has 0 amide bonds. The first-order valence-corrected chi connectivity index (χ1v) is 5.80. The van der Waals surface area contributed by atoms with E-state index in [9.17, 15) is 4.39 Å². The van der Waals surface area contributed by atoms with E-state index in [4.69, 9.17) is 10.4 Å². The highest BCUT2D eigenvalue weighted by atomic mass is 19.1. The topological polar surface area (TPSA) is 47.3 Å². The lowest BCUT2D eigenvalue weighted by molar-refractivity contribution is 0.208. The average Bonchev–Trinajstić information content (AvgIpc) is 2.38. The number of piperidine rings is 1. The first kappa shape index (κ1) is 11.9. The van der Waals surface area contributed by atoms with E-state index >= 15 is 0 Å². The van der Waals surface area contributed by atoms with E-state index in [1.807, 2.05) is 11.0 Å². The maximum absolute atomic E-state index is 13.8. The molecule has 0 aromatic heterocycles. The number of halogens is 1. The Morgan fingerprint density at radius 2 is 2.35 bits per heavy atom. The van der Waals surface area contributed by atoms with E-state index in [2.05, 4.69) is 0 Å². The van der Waals surface area contributed by atoms with E-state index in [0.29, 0.717) is 17.8 Å². The van der Waals surface area contributed by atoms with Crippen LogP contribution in [0.15, 0.2) is 18.2 Å². The van der Waals surface area contributed by atoms with Gasteiger partial charge in [0.25, 0.3) is 0 Å². The fourth-order valence-corrected chi connectivity index (χ4v) is 2.27. The molecule has 1 aromatic carbocycles. The summed E-state index contributed by atoms with van der Waals surface area (Å²) < 4.78 is 13.8. The van der Waals surface area contributed by atoms with Gasteiger partial charge in [-0.2, -0.15) is 5.26 Å². The van der Waals surface area contributed by atoms with Crippen molar-refractivity contribution in [2.45, 2.75) is 12.8 Å². The number of aliphatic hydroxyl groups excluding tert-OH is 1. The molecule has 1 fully saturated rings. The summed E-state index contributed by atoms with van der Waals surface area (Å²) >= 11 is 0. The van der Waals surface area contributed by atoms with Crippen LogP contribution in [0.2, 0.25) is 0 Å². The molecule has 0 spiro atoms. The molecule has 1 atom stereocenters. The van der Waals surface area contributed by atoms with Gasteiger partial charge in [-0.15, -0.1) is 0 Å². The first-order valence-electron chi connectivity index (χ1n) is 5.80. The Balaban J connectivity index is 2.19. The number of hydrogen-bond acceptors (Lipinski definition) is 3. The van der Waals surface area contributed by atoms with Crippen molar-refractivity contribution in [2.75, 3.05) is 24.6 Å². The fourth-order valence-electron chi connectivity index (χ4n) is 2.27. The third kappa shape index (κ3) is 2.56. The van der Waals surface area contributed by atoms with Gasteiger partial charge in [-0.05, 0) is 37.0 Å². The zero-order valence-electron chi connectivity index (χ0n) is 9.56. The maximum atomic E-state index is 13.8. The standard InChI is InChI=1S/C13H15FN2O/c14-12-6-10(7-15)3-4-13(12)16-5-1-2-11(8-16)9-17/h3-4,6,11,17H,1-2,5,8-9H2/t11-/m1/s1. The van der Waals surface area contributed by atoms with Crippen LogP contribution in [0.3, 0.4) is 0 Å². The molecule has 1 N–H and O–H groups in total. The van der Waals surface area contributed by atoms with Crippen LogP contribution in [0.5, 0.6) is 0 Å². The number of rotatable bonds is 2. The van der Waals surface area contributed by atoms with E-state index in [1.165, 1.54) is 6.07 Å². The summed E-state index contributed by atoms with van der Waals surface area (Å²) in [5.41, 5.74) is 0.865. The van der Waals surface area contributed by atoms with Crippen LogP contribution in [0.25, 0.3) is 0 Å². The minimum atomic E-state index is -0.359. The smallest absolute Gasteiger partial charge is 0.147 e. The van der Waals surface area contributed by atoms with Crippen molar-refractivity contribution in [1.29, 1.82) is 5.26 Å². The van der Waals surface area contributed by atoms with Crippen LogP contribution in [-0.4, -0.2) is 24.8 Å². The number of benzene rings is 1. The van der Waals surface area contributed by atoms with E-state index in [0.717, 1.165) is 19.4 Å². The second-order valence-corrected chi connectivity index (χ2v) is 4.41. The normalized spacial score (nSPS) is 20.1. The van der Waals surface area contributed by atoms with Crippen LogP contribution in [0.1, 0.15) is 18.4 Å². The molecule has 0 radical (unpaired) electrons. The van der Waals surface area contributed by atoms with Gasteiger partial charge in [0.05, 0.1) is 17.3 Å². The summed E-state index contributed by atoms with van der Waals surface area (Å²) in [5.74, 6) is -0.138. The lowest BCUT2D eigenvalue weighted by Gasteiger charge is -2.33. The van der Waals surface area contributed by atoms with Crippen LogP contribution in [0, 0.1) is 23.1 Å². The monoisotopic (exact) mass is 234 g/mol. The second kappa shape index (κ2) is 5.15. The molecule has 4 heteroatoms. The molecule has 2 rings (SSSR count). The molecule has 3 nitrogen and oxygen atoms in total. The molecule has 90 valence electrons. The minimum absolute atomic E-state index is 0.147. The van der Waals surface area contributed by atoms with Crippen molar-refractivity contribution >= 4 is 5.69 Å². The third-order valence-corrected chi connectivity index (χ3v) is 3.19. The molecule has 1 aromatic rings. The molecule has 17 heavy (non-hydrogen) atoms. The predicted octanol–water partition coefficient (Wildman–Crippen LogP) is 1.91. The Kier molecular flexibility index (Phi) is 3.60. The number of hydrogen-bond donors (Lipinski definition) is 1. The number of anilines is 1. The van der Waals surface area contributed by atoms with Crippen LogP contribution in [-0.2, 0) is 0 Å². The highest BCUT2D eigenvalue weighted by Crippen LogP contribution is 2.26. The van der Waals surface area contributed by atoms with Gasteiger partial charge in [0.2, 0.25) is 0 Å². The average molecular weight is 234 g/mol. The molecular weight excluding hydrogens is 219 g/mol. The Morgan fingerprint density at radius 1 is 1.53 bits per heavy atom. The maximum Gasteiger partial charge on any atom is 0.147 e. The quantitative estimate of drug-likeness (QED) is 0.850. The summed E-state index contributed by atoms with van der Waals surface area (Å²) in [4.78, 5) is 1.95. The van der Waals surface area contributed by atoms with Gasteiger partial charge in [-0.1, -0.05) is 0 Å². The minimum Gasteiger partial charge on any atom is -0.396 e. The molecule has 1 heterocycles. The Morgan fingerprint density at radius 3 is 3.00 bits per heavy atom. The lowest BCUT2D eigenvalue weighted by atomic mass is 9.98. The van der Waals surface area contributed by atoms with Crippen molar-refractivity contribution < 1.29 is 9.50 Å². The highest BCUT2D eigenvalue weighted by Gasteiger charge is 2.21. The Hall–Kier alpha value is -1.60. The molecule has 1 aliphatic heterocycles. The van der Waals surface area contributed by atoms with E-state index in [-0.39, 0.29) is 18.3 Å². The summed E-state index contributed by atoms with van der Waals surface area (Å²) in [6, 6.07) is 6.45. The van der Waals surface area contributed by atoms with E-state index < -0.39 is 0 Å². The molecule has 0 unspecified atom stereocenters. The third-order valence-electron chi connectivity index (χ3n) is 3.19. The highest BCUT2D eigenvalue weighted by molar-refractivity contribution is 5.51. The fraction of sp³-hybridized carbons (Fsp3) is 0.462. The van der Waals surface area contributed by atoms with E-state index in [1.54, 1.807) is 12.1 Å². The van der Waals surface area contributed by atoms with Crippen LogP contribution >= 0.6 is 0 Å². The van der Waals surface area contributed by atoms with Crippen molar-refractivity contribution in [1.82, 2.24) is 0 Å². The molecule has 0 bridgehead atoms. The summed E-state index contributed by atoms with van der Waals surface area (Å²) in [7, 11) is 0. The summed E-state index contributed by atoms with van der Waals surface area (Å²) in [5, 5.41) is 17.8. The first-order chi connectivity index (χ1) is 8.24. The van der Waals surface area contributed by atoms with Gasteiger partial charge in [0.1, 0.15) is 5.82 Å². The van der Waals surface area contributed by atoms with Crippen molar-refractivity contribution in [3.8, 4) is 6.07 Å². The number of aliphatic hydroxyl groups is 1. The van der Waals surface area contributed by atoms with Gasteiger partial charge >= 0.3 is 0 Å². The van der Waals surface area contributed by atoms with Crippen molar-refractivity contribution in [3.63, 3.8) is 0 Å². The second-order valence-electron chi connectivity index (χ2n) is 4.41. The van der Waals surface area contributed by atoms with Gasteiger partial charge in [0, 0.05) is 19.7 Å². The Bertz CT molecular complexity index is 442. The Labute approximate surface area is 100 Å². The van der Waals surface area contributed by atoms with Crippen molar-refractivity contribution in [2.24, 2.45) is 5.92 Å². The number of nitrogens with zero attached hydrogens (tertiary/aromatic N) is 2. The largest absolute Gasteiger partial charge is 0.396 e. The van der Waals surface area contributed by atoms with Gasteiger partial charge < -0.3 is 10.0 Å². The van der Waals surface area contributed by atoms with Crippen molar-refractivity contribution in [3.05, 3.63) is 29.6 Å². The molecular formula is C13H15FN2O. The number of nitriles is 1. The zero-order valence-corrected chi connectivity index (χ0v) is 9.56.